The maximum atomic E-state index is 12.3. The number of amides is 1. The molecule has 3 rings (SSSR count). The number of methoxy groups -OCH3 is 1. The number of nitrogens with zero attached hydrogens (tertiary/aromatic N) is 2. The molecule has 1 aromatic heterocycles. The zero-order chi connectivity index (χ0) is 16.9. The monoisotopic (exact) mass is 351 g/mol. The first-order valence-electron chi connectivity index (χ1n) is 8.25. The van der Waals surface area contributed by atoms with Crippen molar-refractivity contribution in [2.24, 2.45) is 5.92 Å². The van der Waals surface area contributed by atoms with Crippen molar-refractivity contribution in [2.75, 3.05) is 38.3 Å². The SMILES string of the molecule is COCCCNC(=O)C1CCCN(c2nc3cc(Cl)ccc3o2)C1. The number of rotatable bonds is 6. The van der Waals surface area contributed by atoms with Gasteiger partial charge in [-0.3, -0.25) is 4.79 Å². The molecule has 0 spiro atoms. The molecule has 0 saturated carbocycles. The van der Waals surface area contributed by atoms with Gasteiger partial charge in [0.15, 0.2) is 5.58 Å². The third-order valence-electron chi connectivity index (χ3n) is 4.23. The first-order chi connectivity index (χ1) is 11.7. The number of nitrogens with one attached hydrogen (secondary N) is 1. The van der Waals surface area contributed by atoms with Crippen LogP contribution in [0.2, 0.25) is 5.02 Å². The molecule has 1 aliphatic heterocycles. The molecule has 1 atom stereocenters. The third-order valence-corrected chi connectivity index (χ3v) is 4.46. The molecule has 1 amide bonds. The van der Waals surface area contributed by atoms with Crippen molar-refractivity contribution in [3.63, 3.8) is 0 Å². The number of ether oxygens (including phenoxy) is 1. The van der Waals surface area contributed by atoms with Crippen LogP contribution in [-0.2, 0) is 9.53 Å². The maximum absolute atomic E-state index is 12.3. The van der Waals surface area contributed by atoms with Crippen molar-refractivity contribution in [1.82, 2.24) is 10.3 Å². The highest BCUT2D eigenvalue weighted by molar-refractivity contribution is 6.31. The van der Waals surface area contributed by atoms with Gasteiger partial charge in [-0.15, -0.1) is 0 Å². The Morgan fingerprint density at radius 2 is 2.42 bits per heavy atom. The fourth-order valence-electron chi connectivity index (χ4n) is 2.96. The summed E-state index contributed by atoms with van der Waals surface area (Å²) in [5.74, 6) is 0.0508. The Morgan fingerprint density at radius 3 is 3.25 bits per heavy atom. The van der Waals surface area contributed by atoms with Crippen molar-refractivity contribution in [1.29, 1.82) is 0 Å². The van der Waals surface area contributed by atoms with E-state index in [1.54, 1.807) is 19.2 Å². The van der Waals surface area contributed by atoms with Crippen LogP contribution in [0.1, 0.15) is 19.3 Å². The van der Waals surface area contributed by atoms with Gasteiger partial charge in [0.05, 0.1) is 5.92 Å². The summed E-state index contributed by atoms with van der Waals surface area (Å²) in [5.41, 5.74) is 1.45. The molecule has 7 heteroatoms. The van der Waals surface area contributed by atoms with Crippen LogP contribution in [0.3, 0.4) is 0 Å². The van der Waals surface area contributed by atoms with Crippen molar-refractivity contribution in [2.45, 2.75) is 19.3 Å². The number of aromatic nitrogens is 1. The molecule has 1 fully saturated rings. The summed E-state index contributed by atoms with van der Waals surface area (Å²) in [7, 11) is 1.66. The highest BCUT2D eigenvalue weighted by Gasteiger charge is 2.28. The number of hydrogen-bond donors (Lipinski definition) is 1. The Morgan fingerprint density at radius 1 is 1.54 bits per heavy atom. The second-order valence-electron chi connectivity index (χ2n) is 6.03. The number of carbonyl (C=O) groups is 1. The predicted molar refractivity (Wildman–Crippen MR) is 93.5 cm³/mol. The average molecular weight is 352 g/mol. The molecule has 1 aliphatic rings. The van der Waals surface area contributed by atoms with Gasteiger partial charge in [0, 0.05) is 38.4 Å². The highest BCUT2D eigenvalue weighted by Crippen LogP contribution is 2.27. The molecular formula is C17H22ClN3O3. The van der Waals surface area contributed by atoms with E-state index < -0.39 is 0 Å². The Labute approximate surface area is 146 Å². The lowest BCUT2D eigenvalue weighted by molar-refractivity contribution is -0.125. The summed E-state index contributed by atoms with van der Waals surface area (Å²) in [4.78, 5) is 18.9. The van der Waals surface area contributed by atoms with Gasteiger partial charge in [0.1, 0.15) is 5.52 Å². The van der Waals surface area contributed by atoms with Gasteiger partial charge in [-0.25, -0.2) is 0 Å². The quantitative estimate of drug-likeness (QED) is 0.810. The van der Waals surface area contributed by atoms with E-state index in [4.69, 9.17) is 20.8 Å². The number of piperidine rings is 1. The largest absolute Gasteiger partial charge is 0.423 e. The minimum absolute atomic E-state index is 0.0418. The van der Waals surface area contributed by atoms with Gasteiger partial charge < -0.3 is 19.4 Å². The molecule has 1 N–H and O–H groups in total. The molecular weight excluding hydrogens is 330 g/mol. The molecule has 2 aromatic rings. The van der Waals surface area contributed by atoms with Crippen LogP contribution in [0, 0.1) is 5.92 Å². The van der Waals surface area contributed by atoms with E-state index in [9.17, 15) is 4.79 Å². The van der Waals surface area contributed by atoms with E-state index in [0.717, 1.165) is 31.3 Å². The zero-order valence-corrected chi connectivity index (χ0v) is 14.5. The van der Waals surface area contributed by atoms with Crippen molar-refractivity contribution < 1.29 is 13.9 Å². The topological polar surface area (TPSA) is 67.6 Å². The van der Waals surface area contributed by atoms with Crippen molar-refractivity contribution >= 4 is 34.6 Å². The van der Waals surface area contributed by atoms with Crippen LogP contribution in [0.25, 0.3) is 11.1 Å². The molecule has 0 bridgehead atoms. The van der Waals surface area contributed by atoms with Crippen LogP contribution in [0.5, 0.6) is 0 Å². The number of oxazole rings is 1. The molecule has 1 unspecified atom stereocenters. The first kappa shape index (κ1) is 17.0. The van der Waals surface area contributed by atoms with Crippen LogP contribution in [0.4, 0.5) is 6.01 Å². The van der Waals surface area contributed by atoms with Gasteiger partial charge in [0.25, 0.3) is 6.01 Å². The van der Waals surface area contributed by atoms with Gasteiger partial charge in [-0.1, -0.05) is 11.6 Å². The van der Waals surface area contributed by atoms with Gasteiger partial charge >= 0.3 is 0 Å². The second kappa shape index (κ2) is 7.85. The number of anilines is 1. The molecule has 2 heterocycles. The van der Waals surface area contributed by atoms with E-state index in [-0.39, 0.29) is 11.8 Å². The lowest BCUT2D eigenvalue weighted by Crippen LogP contribution is -2.43. The van der Waals surface area contributed by atoms with Gasteiger partial charge in [-0.2, -0.15) is 4.98 Å². The maximum Gasteiger partial charge on any atom is 0.298 e. The lowest BCUT2D eigenvalue weighted by atomic mass is 9.97. The number of fused-ring (bicyclic) bond motifs is 1. The van der Waals surface area contributed by atoms with Crippen LogP contribution >= 0.6 is 11.6 Å². The van der Waals surface area contributed by atoms with E-state index in [1.165, 1.54) is 0 Å². The number of halogens is 1. The molecule has 1 aromatic carbocycles. The fraction of sp³-hybridized carbons (Fsp3) is 0.529. The summed E-state index contributed by atoms with van der Waals surface area (Å²) >= 11 is 5.99. The average Bonchev–Trinajstić information content (AvgIpc) is 3.02. The summed E-state index contributed by atoms with van der Waals surface area (Å²) in [6, 6.07) is 5.95. The van der Waals surface area contributed by atoms with E-state index in [2.05, 4.69) is 10.3 Å². The Bertz CT molecular complexity index is 703. The summed E-state index contributed by atoms with van der Waals surface area (Å²) < 4.78 is 10.8. The fourth-order valence-corrected chi connectivity index (χ4v) is 3.13. The van der Waals surface area contributed by atoms with Crippen molar-refractivity contribution in [3.8, 4) is 0 Å². The Hall–Kier alpha value is -1.79. The van der Waals surface area contributed by atoms with Crippen LogP contribution in [-0.4, -0.2) is 44.2 Å². The number of benzene rings is 1. The number of carbonyl (C=O) groups excluding carboxylic acids is 1. The second-order valence-corrected chi connectivity index (χ2v) is 6.47. The highest BCUT2D eigenvalue weighted by atomic mass is 35.5. The Kier molecular flexibility index (Phi) is 5.58. The normalized spacial score (nSPS) is 18.1. The summed E-state index contributed by atoms with van der Waals surface area (Å²) in [6.45, 7) is 2.76. The van der Waals surface area contributed by atoms with E-state index in [1.807, 2.05) is 11.0 Å². The van der Waals surface area contributed by atoms with Gasteiger partial charge in [-0.05, 0) is 37.5 Å². The Balaban J connectivity index is 1.62. The molecule has 0 aliphatic carbocycles. The predicted octanol–water partition coefficient (Wildman–Crippen LogP) is 2.85. The molecule has 0 radical (unpaired) electrons. The smallest absolute Gasteiger partial charge is 0.298 e. The minimum Gasteiger partial charge on any atom is -0.423 e. The molecule has 1 saturated heterocycles. The lowest BCUT2D eigenvalue weighted by Gasteiger charge is -2.30. The van der Waals surface area contributed by atoms with Crippen LogP contribution in [0.15, 0.2) is 22.6 Å². The van der Waals surface area contributed by atoms with Crippen LogP contribution < -0.4 is 10.2 Å². The minimum atomic E-state index is -0.0418. The first-order valence-corrected chi connectivity index (χ1v) is 8.63. The van der Waals surface area contributed by atoms with Crippen molar-refractivity contribution in [3.05, 3.63) is 23.2 Å². The van der Waals surface area contributed by atoms with E-state index in [0.29, 0.717) is 36.3 Å². The standard InChI is InChI=1S/C17H22ClN3O3/c1-23-9-3-7-19-16(22)12-4-2-8-21(11-12)17-20-14-10-13(18)5-6-15(14)24-17/h5-6,10,12H,2-4,7-9,11H2,1H3,(H,19,22). The molecule has 6 nitrogen and oxygen atoms in total. The summed E-state index contributed by atoms with van der Waals surface area (Å²) in [5, 5.41) is 3.61. The number of hydrogen-bond acceptors (Lipinski definition) is 5. The third kappa shape index (κ3) is 3.99. The summed E-state index contributed by atoms with van der Waals surface area (Å²) in [6.07, 6.45) is 2.65. The van der Waals surface area contributed by atoms with E-state index >= 15 is 0 Å². The zero-order valence-electron chi connectivity index (χ0n) is 13.8. The van der Waals surface area contributed by atoms with Gasteiger partial charge in [0.2, 0.25) is 5.91 Å². The molecule has 24 heavy (non-hydrogen) atoms. The molecule has 130 valence electrons.